The van der Waals surface area contributed by atoms with E-state index in [1.54, 1.807) is 6.07 Å². The number of carbonyl (C=O) groups is 2. The number of amidine groups is 1. The van der Waals surface area contributed by atoms with E-state index in [9.17, 15) is 35.6 Å². The van der Waals surface area contributed by atoms with E-state index in [1.807, 2.05) is 5.32 Å². The molecule has 0 aliphatic carbocycles. The van der Waals surface area contributed by atoms with Crippen LogP contribution in [-0.2, 0) is 26.0 Å². The zero-order chi connectivity index (χ0) is 28.3. The largest absolute Gasteiger partial charge is 0.406 e. The van der Waals surface area contributed by atoms with Gasteiger partial charge in [0.15, 0.2) is 9.84 Å². The lowest BCUT2D eigenvalue weighted by molar-refractivity contribution is -0.164. The SMILES string of the molecule is CS(=O)(=O)c1ccccc1-c1ccc(NC(=O)C(=O)N(Cc2cccc(C(=N)N)c2)CC(F)(F)F)c(F)c1. The van der Waals surface area contributed by atoms with E-state index < -0.39 is 52.4 Å². The summed E-state index contributed by atoms with van der Waals surface area (Å²) in [5.41, 5.74) is 5.66. The molecule has 13 heteroatoms. The Bertz CT molecular complexity index is 1510. The van der Waals surface area contributed by atoms with Crippen molar-refractivity contribution in [3.8, 4) is 11.1 Å². The van der Waals surface area contributed by atoms with Gasteiger partial charge in [-0.15, -0.1) is 0 Å². The lowest BCUT2D eigenvalue weighted by Crippen LogP contribution is -2.44. The summed E-state index contributed by atoms with van der Waals surface area (Å²) >= 11 is 0. The van der Waals surface area contributed by atoms with Gasteiger partial charge in [0.2, 0.25) is 0 Å². The van der Waals surface area contributed by atoms with Crippen LogP contribution in [0, 0.1) is 11.2 Å². The van der Waals surface area contributed by atoms with Gasteiger partial charge >= 0.3 is 18.0 Å². The number of nitrogens with one attached hydrogen (secondary N) is 2. The minimum atomic E-state index is -4.84. The number of benzene rings is 3. The number of nitrogens with two attached hydrogens (primary N) is 1. The number of carbonyl (C=O) groups excluding carboxylic acids is 2. The van der Waals surface area contributed by atoms with Gasteiger partial charge in [-0.2, -0.15) is 13.2 Å². The maximum atomic E-state index is 14.8. The molecule has 0 aliphatic heterocycles. The van der Waals surface area contributed by atoms with Crippen molar-refractivity contribution in [3.05, 3.63) is 83.7 Å². The highest BCUT2D eigenvalue weighted by Crippen LogP contribution is 2.30. The topological polar surface area (TPSA) is 133 Å². The Balaban J connectivity index is 1.85. The second-order valence-corrected chi connectivity index (χ2v) is 10.3. The number of nitrogen functional groups attached to an aromatic ring is 1. The van der Waals surface area contributed by atoms with Crippen molar-refractivity contribution >= 4 is 33.2 Å². The first-order valence-electron chi connectivity index (χ1n) is 10.8. The third-order valence-electron chi connectivity index (χ3n) is 5.28. The van der Waals surface area contributed by atoms with Crippen molar-refractivity contribution in [3.63, 3.8) is 0 Å². The van der Waals surface area contributed by atoms with E-state index in [0.717, 1.165) is 18.4 Å². The van der Waals surface area contributed by atoms with Crippen molar-refractivity contribution in [1.82, 2.24) is 4.90 Å². The molecule has 0 radical (unpaired) electrons. The van der Waals surface area contributed by atoms with E-state index in [2.05, 4.69) is 0 Å². The number of anilines is 1. The molecule has 0 aromatic heterocycles. The van der Waals surface area contributed by atoms with Gasteiger partial charge in [-0.3, -0.25) is 15.0 Å². The van der Waals surface area contributed by atoms with Crippen molar-refractivity contribution in [2.24, 2.45) is 5.73 Å². The first-order chi connectivity index (χ1) is 17.7. The van der Waals surface area contributed by atoms with Crippen LogP contribution in [0.3, 0.4) is 0 Å². The molecule has 0 atom stereocenters. The lowest BCUT2D eigenvalue weighted by Gasteiger charge is -2.24. The molecule has 0 aliphatic rings. The third kappa shape index (κ3) is 7.16. The minimum absolute atomic E-state index is 0.0528. The Morgan fingerprint density at radius 2 is 1.71 bits per heavy atom. The van der Waals surface area contributed by atoms with Crippen LogP contribution in [0.15, 0.2) is 71.6 Å². The Kier molecular flexibility index (Phi) is 8.20. The number of hydrogen-bond donors (Lipinski definition) is 3. The number of sulfone groups is 1. The second-order valence-electron chi connectivity index (χ2n) is 8.31. The number of hydrogen-bond acceptors (Lipinski definition) is 5. The zero-order valence-corrected chi connectivity index (χ0v) is 20.7. The first-order valence-corrected chi connectivity index (χ1v) is 12.7. The Morgan fingerprint density at radius 3 is 2.32 bits per heavy atom. The van der Waals surface area contributed by atoms with Gasteiger partial charge in [0, 0.05) is 23.9 Å². The van der Waals surface area contributed by atoms with Crippen LogP contribution in [0.25, 0.3) is 11.1 Å². The van der Waals surface area contributed by atoms with Gasteiger partial charge < -0.3 is 16.0 Å². The second kappa shape index (κ2) is 11.0. The number of amides is 2. The highest BCUT2D eigenvalue weighted by Gasteiger charge is 2.35. The van der Waals surface area contributed by atoms with E-state index in [0.29, 0.717) is 0 Å². The molecule has 0 unspecified atom stereocenters. The molecule has 2 amide bonds. The van der Waals surface area contributed by atoms with E-state index in [-0.39, 0.29) is 37.9 Å². The Hall–Kier alpha value is -4.26. The molecule has 0 heterocycles. The first kappa shape index (κ1) is 28.3. The smallest absolute Gasteiger partial charge is 0.384 e. The molecular weight excluding hydrogens is 528 g/mol. The predicted molar refractivity (Wildman–Crippen MR) is 133 cm³/mol. The fourth-order valence-corrected chi connectivity index (χ4v) is 4.52. The van der Waals surface area contributed by atoms with Gasteiger partial charge in [-0.05, 0) is 35.4 Å². The molecule has 3 aromatic rings. The molecule has 0 spiro atoms. The quantitative estimate of drug-likeness (QED) is 0.179. The average molecular weight is 551 g/mol. The average Bonchev–Trinajstić information content (AvgIpc) is 2.83. The summed E-state index contributed by atoms with van der Waals surface area (Å²) in [4.78, 5) is 25.4. The molecular formula is C25H22F4N4O4S. The molecule has 0 saturated carbocycles. The molecule has 0 saturated heterocycles. The van der Waals surface area contributed by atoms with Crippen molar-refractivity contribution in [1.29, 1.82) is 5.41 Å². The molecule has 38 heavy (non-hydrogen) atoms. The summed E-state index contributed by atoms with van der Waals surface area (Å²) in [7, 11) is -3.65. The summed E-state index contributed by atoms with van der Waals surface area (Å²) in [6.07, 6.45) is -3.85. The van der Waals surface area contributed by atoms with Crippen LogP contribution in [0.4, 0.5) is 23.2 Å². The third-order valence-corrected chi connectivity index (χ3v) is 6.43. The monoisotopic (exact) mass is 550 g/mol. The fraction of sp³-hybridized carbons (Fsp3) is 0.160. The van der Waals surface area contributed by atoms with Crippen LogP contribution in [0.1, 0.15) is 11.1 Å². The van der Waals surface area contributed by atoms with Crippen LogP contribution in [-0.4, -0.2) is 49.9 Å². The highest BCUT2D eigenvalue weighted by molar-refractivity contribution is 7.90. The summed E-state index contributed by atoms with van der Waals surface area (Å²) in [5.74, 6) is -4.46. The van der Waals surface area contributed by atoms with Gasteiger partial charge in [-0.25, -0.2) is 12.8 Å². The van der Waals surface area contributed by atoms with Crippen LogP contribution in [0.5, 0.6) is 0 Å². The fourth-order valence-electron chi connectivity index (χ4n) is 3.61. The van der Waals surface area contributed by atoms with Crippen LogP contribution < -0.4 is 11.1 Å². The summed E-state index contributed by atoms with van der Waals surface area (Å²) in [6, 6.07) is 14.8. The maximum Gasteiger partial charge on any atom is 0.406 e. The molecule has 200 valence electrons. The van der Waals surface area contributed by atoms with Crippen LogP contribution >= 0.6 is 0 Å². The number of nitrogens with zero attached hydrogens (tertiary/aromatic N) is 1. The Morgan fingerprint density at radius 1 is 1.03 bits per heavy atom. The van der Waals surface area contributed by atoms with Crippen molar-refractivity contribution in [2.75, 3.05) is 18.1 Å². The molecule has 4 N–H and O–H groups in total. The van der Waals surface area contributed by atoms with Crippen molar-refractivity contribution in [2.45, 2.75) is 17.6 Å². The number of alkyl halides is 3. The molecule has 0 bridgehead atoms. The number of rotatable bonds is 7. The molecule has 0 fully saturated rings. The Labute approximate surface area is 215 Å². The number of halogens is 4. The van der Waals surface area contributed by atoms with Crippen LogP contribution in [0.2, 0.25) is 0 Å². The maximum absolute atomic E-state index is 14.8. The van der Waals surface area contributed by atoms with E-state index in [4.69, 9.17) is 11.1 Å². The molecule has 3 aromatic carbocycles. The van der Waals surface area contributed by atoms with E-state index >= 15 is 0 Å². The zero-order valence-electron chi connectivity index (χ0n) is 19.8. The predicted octanol–water partition coefficient (Wildman–Crippen LogP) is 3.71. The molecule has 3 rings (SSSR count). The molecule has 8 nitrogen and oxygen atoms in total. The lowest BCUT2D eigenvalue weighted by atomic mass is 10.0. The van der Waals surface area contributed by atoms with Gasteiger partial charge in [0.05, 0.1) is 10.6 Å². The van der Waals surface area contributed by atoms with Gasteiger partial charge in [0.1, 0.15) is 18.2 Å². The van der Waals surface area contributed by atoms with Gasteiger partial charge in [0.25, 0.3) is 0 Å². The highest BCUT2D eigenvalue weighted by atomic mass is 32.2. The summed E-state index contributed by atoms with van der Waals surface area (Å²) < 4.78 is 78.4. The summed E-state index contributed by atoms with van der Waals surface area (Å²) in [6.45, 7) is -2.39. The van der Waals surface area contributed by atoms with Crippen molar-refractivity contribution < 1.29 is 35.6 Å². The van der Waals surface area contributed by atoms with Gasteiger partial charge in [-0.1, -0.05) is 42.5 Å². The standard InChI is InChI=1S/C25H22F4N4O4S/c1-38(36,37)21-8-3-2-7-18(21)16-9-10-20(19(26)12-16)32-23(34)24(35)33(14-25(27,28)29)13-15-5-4-6-17(11-15)22(30)31/h2-12H,13-14H2,1H3,(H3,30,31)(H,32,34). The normalized spacial score (nSPS) is 11.6. The van der Waals surface area contributed by atoms with E-state index in [1.165, 1.54) is 48.5 Å². The summed E-state index contributed by atoms with van der Waals surface area (Å²) in [5, 5.41) is 9.43. The minimum Gasteiger partial charge on any atom is -0.384 e.